The molecule has 0 unspecified atom stereocenters. The second-order valence-corrected chi connectivity index (χ2v) is 6.01. The zero-order valence-corrected chi connectivity index (χ0v) is 12.9. The number of carbonyl (C=O) groups excluding carboxylic acids is 1. The molecule has 0 aliphatic heterocycles. The average molecular weight is 318 g/mol. The molecule has 22 heavy (non-hydrogen) atoms. The average Bonchev–Trinajstić information content (AvgIpc) is 3.10. The highest BCUT2D eigenvalue weighted by atomic mass is 35.5. The summed E-state index contributed by atoms with van der Waals surface area (Å²) in [5.74, 6) is 0.580. The molecule has 0 saturated heterocycles. The Balaban J connectivity index is 1.61. The van der Waals surface area contributed by atoms with Crippen LogP contribution < -0.4 is 5.32 Å². The first-order valence-corrected chi connectivity index (χ1v) is 7.43. The van der Waals surface area contributed by atoms with Crippen LogP contribution in [-0.4, -0.2) is 33.1 Å². The molecular formula is C15H16ClN5O. The van der Waals surface area contributed by atoms with Crippen LogP contribution in [0.15, 0.2) is 29.8 Å². The van der Waals surface area contributed by atoms with Crippen LogP contribution in [-0.2, 0) is 10.2 Å². The lowest BCUT2D eigenvalue weighted by atomic mass is 10.1. The normalized spacial score (nSPS) is 16.4. The summed E-state index contributed by atoms with van der Waals surface area (Å²) in [6, 6.07) is 7.35. The standard InChI is InChI=1S/C15H16ClN5O/c1-10(8-11-2-4-12(16)5-3-11)13(22)17-9-15(6-7-15)14-18-20-21-19-14/h2-5,8H,6-7,9H2,1H3,(H,17,22)(H,18,19,20,21)/b10-8+. The molecule has 1 aliphatic carbocycles. The van der Waals surface area contributed by atoms with E-state index in [0.717, 1.165) is 18.4 Å². The number of carbonyl (C=O) groups is 1. The summed E-state index contributed by atoms with van der Waals surface area (Å²) in [4.78, 5) is 12.2. The van der Waals surface area contributed by atoms with Crippen molar-refractivity contribution in [3.8, 4) is 0 Å². The smallest absolute Gasteiger partial charge is 0.246 e. The number of hydrogen-bond donors (Lipinski definition) is 2. The number of amides is 1. The van der Waals surface area contributed by atoms with Crippen molar-refractivity contribution in [1.82, 2.24) is 25.9 Å². The maximum absolute atomic E-state index is 12.2. The van der Waals surface area contributed by atoms with Gasteiger partial charge in [0.2, 0.25) is 5.91 Å². The van der Waals surface area contributed by atoms with Crippen molar-refractivity contribution in [3.05, 3.63) is 46.2 Å². The Kier molecular flexibility index (Phi) is 3.94. The van der Waals surface area contributed by atoms with Gasteiger partial charge in [-0.3, -0.25) is 4.79 Å². The van der Waals surface area contributed by atoms with E-state index in [1.165, 1.54) is 0 Å². The van der Waals surface area contributed by atoms with Gasteiger partial charge in [0.05, 0.1) is 5.41 Å². The van der Waals surface area contributed by atoms with E-state index in [0.29, 0.717) is 23.0 Å². The van der Waals surface area contributed by atoms with E-state index in [-0.39, 0.29) is 11.3 Å². The second kappa shape index (κ2) is 5.88. The topological polar surface area (TPSA) is 83.6 Å². The fourth-order valence-corrected chi connectivity index (χ4v) is 2.41. The van der Waals surface area contributed by atoms with E-state index in [2.05, 4.69) is 25.9 Å². The molecule has 1 aromatic carbocycles. The third kappa shape index (κ3) is 3.17. The molecule has 7 heteroatoms. The van der Waals surface area contributed by atoms with Crippen LogP contribution in [0.3, 0.4) is 0 Å². The monoisotopic (exact) mass is 317 g/mol. The number of halogens is 1. The van der Waals surface area contributed by atoms with Crippen molar-refractivity contribution in [2.45, 2.75) is 25.2 Å². The van der Waals surface area contributed by atoms with Gasteiger partial charge in [0.1, 0.15) is 0 Å². The molecule has 1 aromatic heterocycles. The maximum Gasteiger partial charge on any atom is 0.246 e. The van der Waals surface area contributed by atoms with Gasteiger partial charge in [0.15, 0.2) is 5.82 Å². The molecule has 0 atom stereocenters. The molecule has 6 nitrogen and oxygen atoms in total. The summed E-state index contributed by atoms with van der Waals surface area (Å²) in [5.41, 5.74) is 1.44. The highest BCUT2D eigenvalue weighted by molar-refractivity contribution is 6.30. The second-order valence-electron chi connectivity index (χ2n) is 5.58. The molecule has 1 amide bonds. The number of aromatic nitrogens is 4. The third-order valence-corrected chi connectivity index (χ3v) is 4.12. The van der Waals surface area contributed by atoms with E-state index in [1.54, 1.807) is 19.1 Å². The molecule has 0 bridgehead atoms. The molecule has 1 heterocycles. The van der Waals surface area contributed by atoms with E-state index < -0.39 is 0 Å². The number of H-pyrrole nitrogens is 1. The summed E-state index contributed by atoms with van der Waals surface area (Å²) in [6.45, 7) is 2.31. The largest absolute Gasteiger partial charge is 0.351 e. The van der Waals surface area contributed by atoms with Gasteiger partial charge < -0.3 is 5.32 Å². The van der Waals surface area contributed by atoms with Crippen molar-refractivity contribution in [2.24, 2.45) is 0 Å². The molecule has 1 aliphatic rings. The summed E-state index contributed by atoms with van der Waals surface area (Å²) in [7, 11) is 0. The predicted octanol–water partition coefficient (Wildman–Crippen LogP) is 2.10. The Labute approximate surface area is 133 Å². The van der Waals surface area contributed by atoms with E-state index in [9.17, 15) is 4.79 Å². The van der Waals surface area contributed by atoms with Crippen molar-refractivity contribution in [1.29, 1.82) is 0 Å². The lowest BCUT2D eigenvalue weighted by molar-refractivity contribution is -0.117. The molecule has 1 fully saturated rings. The Hall–Kier alpha value is -2.21. The number of tetrazole rings is 1. The van der Waals surface area contributed by atoms with Crippen LogP contribution in [0.25, 0.3) is 6.08 Å². The van der Waals surface area contributed by atoms with Crippen LogP contribution in [0.1, 0.15) is 31.2 Å². The van der Waals surface area contributed by atoms with Crippen molar-refractivity contribution in [2.75, 3.05) is 6.54 Å². The third-order valence-electron chi connectivity index (χ3n) is 3.87. The zero-order chi connectivity index (χ0) is 15.6. The molecule has 2 N–H and O–H groups in total. The SMILES string of the molecule is C/C(=C\c1ccc(Cl)cc1)C(=O)NCC1(c2nn[nH]n2)CC1. The Morgan fingerprint density at radius 3 is 2.73 bits per heavy atom. The minimum Gasteiger partial charge on any atom is -0.351 e. The summed E-state index contributed by atoms with van der Waals surface area (Å²) in [5, 5.41) is 17.7. The number of benzene rings is 1. The number of nitrogens with one attached hydrogen (secondary N) is 2. The highest BCUT2D eigenvalue weighted by Gasteiger charge is 2.48. The van der Waals surface area contributed by atoms with Gasteiger partial charge >= 0.3 is 0 Å². The van der Waals surface area contributed by atoms with Gasteiger partial charge in [-0.25, -0.2) is 0 Å². The van der Waals surface area contributed by atoms with Crippen molar-refractivity contribution >= 4 is 23.6 Å². The number of rotatable bonds is 5. The molecule has 0 spiro atoms. The summed E-state index contributed by atoms with van der Waals surface area (Å²) < 4.78 is 0. The molecular weight excluding hydrogens is 302 g/mol. The first kappa shape index (κ1) is 14.7. The van der Waals surface area contributed by atoms with Crippen LogP contribution >= 0.6 is 11.6 Å². The quantitative estimate of drug-likeness (QED) is 0.827. The van der Waals surface area contributed by atoms with E-state index in [4.69, 9.17) is 11.6 Å². The van der Waals surface area contributed by atoms with Crippen molar-refractivity contribution < 1.29 is 4.79 Å². The van der Waals surface area contributed by atoms with Crippen LogP contribution in [0.5, 0.6) is 0 Å². The molecule has 114 valence electrons. The van der Waals surface area contributed by atoms with E-state index in [1.807, 2.05) is 18.2 Å². The molecule has 2 aromatic rings. The van der Waals surface area contributed by atoms with Gasteiger partial charge in [-0.2, -0.15) is 5.21 Å². The number of hydrogen-bond acceptors (Lipinski definition) is 4. The predicted molar refractivity (Wildman–Crippen MR) is 83.2 cm³/mol. The van der Waals surface area contributed by atoms with Gasteiger partial charge in [0, 0.05) is 17.1 Å². The Morgan fingerprint density at radius 2 is 2.14 bits per heavy atom. The van der Waals surface area contributed by atoms with Crippen molar-refractivity contribution in [3.63, 3.8) is 0 Å². The lowest BCUT2D eigenvalue weighted by Crippen LogP contribution is -2.33. The summed E-state index contributed by atoms with van der Waals surface area (Å²) >= 11 is 5.85. The minimum atomic E-state index is -0.150. The Morgan fingerprint density at radius 1 is 1.41 bits per heavy atom. The van der Waals surface area contributed by atoms with Gasteiger partial charge in [-0.15, -0.1) is 10.2 Å². The first-order valence-electron chi connectivity index (χ1n) is 7.05. The van der Waals surface area contributed by atoms with Gasteiger partial charge in [0.25, 0.3) is 0 Å². The molecule has 3 rings (SSSR count). The van der Waals surface area contributed by atoms with Crippen LogP contribution in [0.4, 0.5) is 0 Å². The van der Waals surface area contributed by atoms with E-state index >= 15 is 0 Å². The fourth-order valence-electron chi connectivity index (χ4n) is 2.28. The molecule has 0 radical (unpaired) electrons. The fraction of sp³-hybridized carbons (Fsp3) is 0.333. The minimum absolute atomic E-state index is 0.0929. The zero-order valence-electron chi connectivity index (χ0n) is 12.1. The molecule has 1 saturated carbocycles. The van der Waals surface area contributed by atoms with Gasteiger partial charge in [-0.05, 0) is 43.5 Å². The van der Waals surface area contributed by atoms with Crippen LogP contribution in [0, 0.1) is 0 Å². The Bertz CT molecular complexity index is 689. The highest BCUT2D eigenvalue weighted by Crippen LogP contribution is 2.45. The first-order chi connectivity index (χ1) is 10.6. The maximum atomic E-state index is 12.2. The summed E-state index contributed by atoms with van der Waals surface area (Å²) in [6.07, 6.45) is 3.76. The number of aromatic amines is 1. The van der Waals surface area contributed by atoms with Gasteiger partial charge in [-0.1, -0.05) is 28.9 Å². The number of nitrogens with zero attached hydrogens (tertiary/aromatic N) is 3. The lowest BCUT2D eigenvalue weighted by Gasteiger charge is -2.12. The van der Waals surface area contributed by atoms with Crippen LogP contribution in [0.2, 0.25) is 5.02 Å².